The van der Waals surface area contributed by atoms with Gasteiger partial charge in [0.15, 0.2) is 0 Å². The molecule has 1 N–H and O–H groups in total. The molecule has 0 spiro atoms. The molecule has 0 aromatic heterocycles. The number of hydrogen-bond acceptors (Lipinski definition) is 6. The lowest BCUT2D eigenvalue weighted by Crippen LogP contribution is -2.43. The Labute approximate surface area is 194 Å². The second kappa shape index (κ2) is 10.8. The van der Waals surface area contributed by atoms with Crippen LogP contribution in [0.15, 0.2) is 47.4 Å². The van der Waals surface area contributed by atoms with E-state index in [-0.39, 0.29) is 29.7 Å². The van der Waals surface area contributed by atoms with Gasteiger partial charge in [0.1, 0.15) is 5.75 Å². The molecule has 0 unspecified atom stereocenters. The number of methoxy groups -OCH3 is 1. The molecule has 8 nitrogen and oxygen atoms in total. The summed E-state index contributed by atoms with van der Waals surface area (Å²) in [4.78, 5) is 24.6. The van der Waals surface area contributed by atoms with E-state index in [2.05, 4.69) is 5.32 Å². The summed E-state index contributed by atoms with van der Waals surface area (Å²) < 4.78 is 37.8. The molecule has 9 heteroatoms. The highest BCUT2D eigenvalue weighted by Gasteiger charge is 2.33. The van der Waals surface area contributed by atoms with Crippen molar-refractivity contribution in [3.63, 3.8) is 0 Å². The van der Waals surface area contributed by atoms with Gasteiger partial charge in [0, 0.05) is 18.8 Å². The van der Waals surface area contributed by atoms with Crippen LogP contribution in [-0.4, -0.2) is 51.4 Å². The van der Waals surface area contributed by atoms with Gasteiger partial charge in [-0.1, -0.05) is 12.1 Å². The number of benzene rings is 2. The van der Waals surface area contributed by atoms with Gasteiger partial charge in [-0.2, -0.15) is 4.31 Å². The van der Waals surface area contributed by atoms with E-state index in [1.54, 1.807) is 50.2 Å². The quantitative estimate of drug-likeness (QED) is 0.590. The largest absolute Gasteiger partial charge is 0.496 e. The van der Waals surface area contributed by atoms with Crippen molar-refractivity contribution < 1.29 is 27.5 Å². The molecule has 1 amide bonds. The van der Waals surface area contributed by atoms with Crippen LogP contribution in [-0.2, 0) is 30.8 Å². The van der Waals surface area contributed by atoms with E-state index >= 15 is 0 Å². The normalized spacial score (nSPS) is 16.8. The predicted molar refractivity (Wildman–Crippen MR) is 125 cm³/mol. The second-order valence-corrected chi connectivity index (χ2v) is 9.94. The molecule has 178 valence electrons. The van der Waals surface area contributed by atoms with Crippen LogP contribution in [0.5, 0.6) is 5.75 Å². The van der Waals surface area contributed by atoms with E-state index in [4.69, 9.17) is 9.47 Å². The van der Waals surface area contributed by atoms with Crippen LogP contribution in [0.4, 0.5) is 5.69 Å². The van der Waals surface area contributed by atoms with Crippen LogP contribution in [0.3, 0.4) is 0 Å². The fourth-order valence-electron chi connectivity index (χ4n) is 3.86. The summed E-state index contributed by atoms with van der Waals surface area (Å²) in [5, 5.41) is 2.86. The number of nitrogens with one attached hydrogen (secondary N) is 1. The molecule has 0 bridgehead atoms. The standard InChI is InChI=1S/C24H30N2O6S/c1-4-32-23(27)15-18-7-9-20(10-8-18)25-24(28)19-6-5-13-26(16-19)33(29,30)21-11-12-22(31-3)17(2)14-21/h7-12,14,19H,4-6,13,15-16H2,1-3H3,(H,25,28)/t19-/m0/s1. The van der Waals surface area contributed by atoms with Crippen molar-refractivity contribution in [1.29, 1.82) is 0 Å². The van der Waals surface area contributed by atoms with E-state index in [9.17, 15) is 18.0 Å². The highest BCUT2D eigenvalue weighted by Crippen LogP contribution is 2.28. The third-order valence-electron chi connectivity index (χ3n) is 5.63. The first-order valence-corrected chi connectivity index (χ1v) is 12.4. The Morgan fingerprint density at radius 3 is 2.52 bits per heavy atom. The average Bonchev–Trinajstić information content (AvgIpc) is 2.80. The average molecular weight is 475 g/mol. The van der Waals surface area contributed by atoms with Crippen LogP contribution in [0.1, 0.15) is 30.9 Å². The van der Waals surface area contributed by atoms with Gasteiger partial charge in [-0.15, -0.1) is 0 Å². The Kier molecular flexibility index (Phi) is 8.10. The summed E-state index contributed by atoms with van der Waals surface area (Å²) in [5.74, 6) is -0.353. The molecule has 0 aliphatic carbocycles. The molecule has 1 aliphatic heterocycles. The van der Waals surface area contributed by atoms with E-state index < -0.39 is 15.9 Å². The van der Waals surface area contributed by atoms with Crippen molar-refractivity contribution in [3.8, 4) is 5.75 Å². The van der Waals surface area contributed by atoms with Crippen molar-refractivity contribution in [2.75, 3.05) is 32.1 Å². The van der Waals surface area contributed by atoms with Gasteiger partial charge in [0.25, 0.3) is 0 Å². The summed E-state index contributed by atoms with van der Waals surface area (Å²) in [5.41, 5.74) is 2.12. The lowest BCUT2D eigenvalue weighted by atomic mass is 9.98. The number of nitrogens with zero attached hydrogens (tertiary/aromatic N) is 1. The minimum absolute atomic E-state index is 0.125. The van der Waals surface area contributed by atoms with Crippen molar-refractivity contribution >= 4 is 27.6 Å². The van der Waals surface area contributed by atoms with Crippen molar-refractivity contribution in [2.45, 2.75) is 38.0 Å². The summed E-state index contributed by atoms with van der Waals surface area (Å²) >= 11 is 0. The van der Waals surface area contributed by atoms with Gasteiger partial charge in [-0.05, 0) is 68.1 Å². The summed E-state index contributed by atoms with van der Waals surface area (Å²) in [7, 11) is -2.18. The van der Waals surface area contributed by atoms with Crippen LogP contribution >= 0.6 is 0 Å². The number of hydrogen-bond donors (Lipinski definition) is 1. The Morgan fingerprint density at radius 2 is 1.88 bits per heavy atom. The van der Waals surface area contributed by atoms with Gasteiger partial charge >= 0.3 is 5.97 Å². The van der Waals surface area contributed by atoms with Gasteiger partial charge < -0.3 is 14.8 Å². The van der Waals surface area contributed by atoms with Crippen LogP contribution in [0.2, 0.25) is 0 Å². The Bertz CT molecular complexity index is 1100. The third kappa shape index (κ3) is 6.11. The van der Waals surface area contributed by atoms with Gasteiger partial charge in [0.2, 0.25) is 15.9 Å². The molecule has 1 fully saturated rings. The topological polar surface area (TPSA) is 102 Å². The molecular formula is C24H30N2O6S. The van der Waals surface area contributed by atoms with Gasteiger partial charge in [-0.25, -0.2) is 8.42 Å². The second-order valence-electron chi connectivity index (χ2n) is 8.00. The van der Waals surface area contributed by atoms with E-state index in [1.165, 1.54) is 17.5 Å². The maximum Gasteiger partial charge on any atom is 0.310 e. The Hall–Kier alpha value is -2.91. The van der Waals surface area contributed by atoms with Crippen LogP contribution < -0.4 is 10.1 Å². The zero-order valence-corrected chi connectivity index (χ0v) is 20.0. The summed E-state index contributed by atoms with van der Waals surface area (Å²) in [6.45, 7) is 4.38. The molecule has 0 radical (unpaired) electrons. The minimum Gasteiger partial charge on any atom is -0.496 e. The lowest BCUT2D eigenvalue weighted by molar-refractivity contribution is -0.142. The number of piperidine rings is 1. The number of aryl methyl sites for hydroxylation is 1. The highest BCUT2D eigenvalue weighted by molar-refractivity contribution is 7.89. The molecule has 1 atom stereocenters. The monoisotopic (exact) mass is 474 g/mol. The number of carbonyl (C=O) groups excluding carboxylic acids is 2. The molecule has 0 saturated carbocycles. The van der Waals surface area contributed by atoms with E-state index in [1.807, 2.05) is 0 Å². The molecule has 2 aromatic carbocycles. The first-order chi connectivity index (χ1) is 15.7. The maximum atomic E-state index is 13.2. The van der Waals surface area contributed by atoms with Crippen molar-refractivity contribution in [1.82, 2.24) is 4.31 Å². The maximum absolute atomic E-state index is 13.2. The smallest absolute Gasteiger partial charge is 0.310 e. The third-order valence-corrected chi connectivity index (χ3v) is 7.50. The number of ether oxygens (including phenoxy) is 2. The first kappa shape index (κ1) is 24.7. The van der Waals surface area contributed by atoms with E-state index in [0.717, 1.165) is 11.1 Å². The number of rotatable bonds is 8. The highest BCUT2D eigenvalue weighted by atomic mass is 32.2. The molecular weight excluding hydrogens is 444 g/mol. The van der Waals surface area contributed by atoms with Crippen molar-refractivity contribution in [3.05, 3.63) is 53.6 Å². The fourth-order valence-corrected chi connectivity index (χ4v) is 5.47. The Balaban J connectivity index is 1.64. The summed E-state index contributed by atoms with van der Waals surface area (Å²) in [6, 6.07) is 11.7. The number of sulfonamides is 1. The van der Waals surface area contributed by atoms with Gasteiger partial charge in [0.05, 0.1) is 31.0 Å². The molecule has 2 aromatic rings. The molecule has 3 rings (SSSR count). The zero-order valence-electron chi connectivity index (χ0n) is 19.2. The lowest BCUT2D eigenvalue weighted by Gasteiger charge is -2.31. The SMILES string of the molecule is CCOC(=O)Cc1ccc(NC(=O)[C@H]2CCCN(S(=O)(=O)c3ccc(OC)c(C)c3)C2)cc1. The number of esters is 1. The van der Waals surface area contributed by atoms with Gasteiger partial charge in [-0.3, -0.25) is 9.59 Å². The minimum atomic E-state index is -3.72. The number of anilines is 1. The molecule has 1 aliphatic rings. The van der Waals surface area contributed by atoms with Crippen LogP contribution in [0, 0.1) is 12.8 Å². The van der Waals surface area contributed by atoms with Crippen molar-refractivity contribution in [2.24, 2.45) is 5.92 Å². The van der Waals surface area contributed by atoms with E-state index in [0.29, 0.717) is 37.4 Å². The number of amides is 1. The van der Waals surface area contributed by atoms with Crippen LogP contribution in [0.25, 0.3) is 0 Å². The first-order valence-electron chi connectivity index (χ1n) is 10.9. The predicted octanol–water partition coefficient (Wildman–Crippen LogP) is 3.15. The Morgan fingerprint density at radius 1 is 1.15 bits per heavy atom. The fraction of sp³-hybridized carbons (Fsp3) is 0.417. The zero-order chi connectivity index (χ0) is 24.0. The number of carbonyl (C=O) groups is 2. The summed E-state index contributed by atoms with van der Waals surface area (Å²) in [6.07, 6.45) is 1.38. The molecule has 1 heterocycles. The molecule has 1 saturated heterocycles. The molecule has 33 heavy (non-hydrogen) atoms.